The SMILES string of the molecule is CCNC(=NCCS(=O)(=O)NCC1CCCCO1)NCCc1ccc(C)c(OC)c1. The monoisotopic (exact) mass is 440 g/mol. The predicted octanol–water partition coefficient (Wildman–Crippen LogP) is 1.59. The maximum Gasteiger partial charge on any atom is 0.213 e. The molecule has 1 aromatic carbocycles. The molecule has 3 N–H and O–H groups in total. The van der Waals surface area contributed by atoms with Crippen molar-refractivity contribution in [1.82, 2.24) is 15.4 Å². The fourth-order valence-corrected chi connectivity index (χ4v) is 4.14. The average Bonchev–Trinajstić information content (AvgIpc) is 2.74. The largest absolute Gasteiger partial charge is 0.496 e. The molecule has 9 heteroatoms. The van der Waals surface area contributed by atoms with Crippen molar-refractivity contribution >= 4 is 16.0 Å². The van der Waals surface area contributed by atoms with Gasteiger partial charge in [0.1, 0.15) is 5.75 Å². The molecular formula is C21H36N4O4S. The highest BCUT2D eigenvalue weighted by atomic mass is 32.2. The maximum absolute atomic E-state index is 12.2. The van der Waals surface area contributed by atoms with Crippen molar-refractivity contribution in [2.45, 2.75) is 45.6 Å². The van der Waals surface area contributed by atoms with Gasteiger partial charge >= 0.3 is 0 Å². The van der Waals surface area contributed by atoms with Crippen LogP contribution in [0.5, 0.6) is 5.75 Å². The summed E-state index contributed by atoms with van der Waals surface area (Å²) in [5.41, 5.74) is 2.27. The van der Waals surface area contributed by atoms with Gasteiger partial charge in [-0.25, -0.2) is 13.1 Å². The Hall–Kier alpha value is -1.84. The van der Waals surface area contributed by atoms with Crippen molar-refractivity contribution in [2.75, 3.05) is 45.6 Å². The van der Waals surface area contributed by atoms with Crippen LogP contribution in [0.1, 0.15) is 37.3 Å². The second-order valence-corrected chi connectivity index (χ2v) is 9.32. The molecule has 1 saturated heterocycles. The highest BCUT2D eigenvalue weighted by Crippen LogP contribution is 2.19. The van der Waals surface area contributed by atoms with E-state index in [9.17, 15) is 8.42 Å². The first-order chi connectivity index (χ1) is 14.4. The minimum Gasteiger partial charge on any atom is -0.496 e. The average molecular weight is 441 g/mol. The van der Waals surface area contributed by atoms with E-state index in [1.54, 1.807) is 7.11 Å². The fourth-order valence-electron chi connectivity index (χ4n) is 3.23. The van der Waals surface area contributed by atoms with Gasteiger partial charge in [-0.05, 0) is 56.7 Å². The summed E-state index contributed by atoms with van der Waals surface area (Å²) in [5, 5.41) is 6.40. The third-order valence-corrected chi connectivity index (χ3v) is 6.28. The van der Waals surface area contributed by atoms with Crippen molar-refractivity contribution in [2.24, 2.45) is 4.99 Å². The number of nitrogens with zero attached hydrogens (tertiary/aromatic N) is 1. The predicted molar refractivity (Wildman–Crippen MR) is 121 cm³/mol. The van der Waals surface area contributed by atoms with Crippen LogP contribution in [0.2, 0.25) is 0 Å². The van der Waals surface area contributed by atoms with E-state index in [0.717, 1.165) is 42.6 Å². The summed E-state index contributed by atoms with van der Waals surface area (Å²) in [5.74, 6) is 1.44. The Labute approximate surface area is 180 Å². The van der Waals surface area contributed by atoms with Crippen LogP contribution in [0, 0.1) is 6.92 Å². The second-order valence-electron chi connectivity index (χ2n) is 7.40. The van der Waals surface area contributed by atoms with Crippen LogP contribution in [0.15, 0.2) is 23.2 Å². The molecule has 2 rings (SSSR count). The van der Waals surface area contributed by atoms with E-state index < -0.39 is 10.0 Å². The van der Waals surface area contributed by atoms with Crippen molar-refractivity contribution in [3.63, 3.8) is 0 Å². The molecule has 170 valence electrons. The molecule has 0 aromatic heterocycles. The number of ether oxygens (including phenoxy) is 2. The van der Waals surface area contributed by atoms with E-state index in [-0.39, 0.29) is 18.4 Å². The summed E-state index contributed by atoms with van der Waals surface area (Å²) < 4.78 is 38.0. The van der Waals surface area contributed by atoms with Gasteiger partial charge in [-0.1, -0.05) is 12.1 Å². The zero-order chi connectivity index (χ0) is 21.8. The lowest BCUT2D eigenvalue weighted by Gasteiger charge is -2.22. The zero-order valence-electron chi connectivity index (χ0n) is 18.4. The minimum atomic E-state index is -3.37. The van der Waals surface area contributed by atoms with Crippen LogP contribution in [0.3, 0.4) is 0 Å². The third-order valence-electron chi connectivity index (χ3n) is 4.96. The number of sulfonamides is 1. The Morgan fingerprint density at radius 2 is 2.13 bits per heavy atom. The van der Waals surface area contributed by atoms with Crippen LogP contribution in [0.25, 0.3) is 0 Å². The number of hydrogen-bond acceptors (Lipinski definition) is 5. The molecule has 0 aliphatic carbocycles. The van der Waals surface area contributed by atoms with Gasteiger partial charge in [0.25, 0.3) is 0 Å². The van der Waals surface area contributed by atoms with Crippen molar-refractivity contribution < 1.29 is 17.9 Å². The lowest BCUT2D eigenvalue weighted by molar-refractivity contribution is 0.0200. The Morgan fingerprint density at radius 1 is 1.30 bits per heavy atom. The fraction of sp³-hybridized carbons (Fsp3) is 0.667. The van der Waals surface area contributed by atoms with Gasteiger partial charge in [0.2, 0.25) is 10.0 Å². The molecule has 0 bridgehead atoms. The van der Waals surface area contributed by atoms with Gasteiger partial charge in [-0.2, -0.15) is 0 Å². The summed E-state index contributed by atoms with van der Waals surface area (Å²) >= 11 is 0. The van der Waals surface area contributed by atoms with Gasteiger partial charge in [-0.3, -0.25) is 4.99 Å². The first-order valence-electron chi connectivity index (χ1n) is 10.7. The summed E-state index contributed by atoms with van der Waals surface area (Å²) in [6, 6.07) is 6.16. The van der Waals surface area contributed by atoms with Crippen LogP contribution in [-0.4, -0.2) is 66.1 Å². The van der Waals surface area contributed by atoms with Crippen LogP contribution in [-0.2, 0) is 21.2 Å². The topological polar surface area (TPSA) is 101 Å². The Morgan fingerprint density at radius 3 is 2.83 bits per heavy atom. The van der Waals surface area contributed by atoms with E-state index in [0.29, 0.717) is 32.2 Å². The van der Waals surface area contributed by atoms with E-state index in [2.05, 4.69) is 26.4 Å². The highest BCUT2D eigenvalue weighted by molar-refractivity contribution is 7.89. The molecule has 1 aliphatic heterocycles. The van der Waals surface area contributed by atoms with E-state index in [1.807, 2.05) is 26.0 Å². The lowest BCUT2D eigenvalue weighted by Crippen LogP contribution is -2.39. The molecule has 1 aliphatic rings. The Bertz CT molecular complexity index is 777. The van der Waals surface area contributed by atoms with E-state index >= 15 is 0 Å². The molecular weight excluding hydrogens is 404 g/mol. The van der Waals surface area contributed by atoms with Gasteiger partial charge in [-0.15, -0.1) is 0 Å². The smallest absolute Gasteiger partial charge is 0.213 e. The van der Waals surface area contributed by atoms with E-state index in [4.69, 9.17) is 9.47 Å². The van der Waals surface area contributed by atoms with Crippen molar-refractivity contribution in [1.29, 1.82) is 0 Å². The molecule has 1 fully saturated rings. The van der Waals surface area contributed by atoms with Crippen LogP contribution >= 0.6 is 0 Å². The molecule has 0 radical (unpaired) electrons. The molecule has 0 saturated carbocycles. The zero-order valence-corrected chi connectivity index (χ0v) is 19.2. The van der Waals surface area contributed by atoms with Gasteiger partial charge in [0, 0.05) is 26.2 Å². The maximum atomic E-state index is 12.2. The van der Waals surface area contributed by atoms with Crippen molar-refractivity contribution in [3.05, 3.63) is 29.3 Å². The third kappa shape index (κ3) is 8.89. The minimum absolute atomic E-state index is 0.0172. The molecule has 8 nitrogen and oxygen atoms in total. The van der Waals surface area contributed by atoms with Crippen LogP contribution in [0.4, 0.5) is 0 Å². The summed E-state index contributed by atoms with van der Waals surface area (Å²) in [7, 11) is -1.70. The Kier molecular flexibility index (Phi) is 10.4. The summed E-state index contributed by atoms with van der Waals surface area (Å²) in [4.78, 5) is 4.39. The first-order valence-corrected chi connectivity index (χ1v) is 12.3. The van der Waals surface area contributed by atoms with Gasteiger partial charge in [0.05, 0.1) is 25.5 Å². The standard InChI is InChI=1S/C21H36N4O4S/c1-4-22-21(23-11-10-18-9-8-17(2)20(15-18)28-3)24-12-14-30(26,27)25-16-19-7-5-6-13-29-19/h8-9,15,19,25H,4-7,10-14,16H2,1-3H3,(H2,22,23,24). The van der Waals surface area contributed by atoms with Gasteiger partial charge < -0.3 is 20.1 Å². The number of nitrogens with one attached hydrogen (secondary N) is 3. The lowest BCUT2D eigenvalue weighted by atomic mass is 10.1. The molecule has 1 unspecified atom stereocenters. The highest BCUT2D eigenvalue weighted by Gasteiger charge is 2.17. The number of aliphatic imine (C=N–C) groups is 1. The summed E-state index contributed by atoms with van der Waals surface area (Å²) in [6.07, 6.45) is 3.83. The Balaban J connectivity index is 1.77. The first kappa shape index (κ1) is 24.4. The molecule has 0 amide bonds. The van der Waals surface area contributed by atoms with Crippen molar-refractivity contribution in [3.8, 4) is 5.75 Å². The van der Waals surface area contributed by atoms with Gasteiger partial charge in [0.15, 0.2) is 5.96 Å². The summed E-state index contributed by atoms with van der Waals surface area (Å²) in [6.45, 7) is 6.62. The molecule has 1 aromatic rings. The molecule has 0 spiro atoms. The number of hydrogen-bond donors (Lipinski definition) is 3. The number of methoxy groups -OCH3 is 1. The normalized spacial score (nSPS) is 17.6. The second kappa shape index (κ2) is 12.8. The number of aryl methyl sites for hydroxylation is 1. The number of benzene rings is 1. The molecule has 1 heterocycles. The number of rotatable bonds is 11. The van der Waals surface area contributed by atoms with E-state index in [1.165, 1.54) is 0 Å². The quantitative estimate of drug-likeness (QED) is 0.357. The molecule has 1 atom stereocenters. The number of guanidine groups is 1. The van der Waals surface area contributed by atoms with Crippen LogP contribution < -0.4 is 20.1 Å². The molecule has 30 heavy (non-hydrogen) atoms.